The number of ketones is 1. The van der Waals surface area contributed by atoms with E-state index in [1.54, 1.807) is 0 Å². The minimum atomic E-state index is -0.212. The van der Waals surface area contributed by atoms with E-state index in [0.29, 0.717) is 30.0 Å². The molecule has 0 aromatic heterocycles. The average molecular weight is 342 g/mol. The third-order valence-electron chi connectivity index (χ3n) is 10.6. The summed E-state index contributed by atoms with van der Waals surface area (Å²) in [6.07, 6.45) is 10.7. The molecule has 0 radical (unpaired) electrons. The molecule has 25 heavy (non-hydrogen) atoms. The molecule has 6 aliphatic rings. The summed E-state index contributed by atoms with van der Waals surface area (Å²) in [4.78, 5) is 25.2. The van der Waals surface area contributed by atoms with Crippen LogP contribution in [0.5, 0.6) is 0 Å². The molecule has 8 atom stereocenters. The van der Waals surface area contributed by atoms with E-state index < -0.39 is 0 Å². The number of carbonyl (C=O) groups is 2. The normalized spacial score (nSPS) is 61.5. The summed E-state index contributed by atoms with van der Waals surface area (Å²) in [5, 5.41) is 0. The van der Waals surface area contributed by atoms with Crippen molar-refractivity contribution in [2.75, 3.05) is 0 Å². The van der Waals surface area contributed by atoms with Gasteiger partial charge in [-0.2, -0.15) is 0 Å². The van der Waals surface area contributed by atoms with E-state index >= 15 is 0 Å². The molecule has 0 aromatic carbocycles. The van der Waals surface area contributed by atoms with Crippen molar-refractivity contribution in [3.05, 3.63) is 0 Å². The molecule has 1 heterocycles. The van der Waals surface area contributed by atoms with Gasteiger partial charge in [0, 0.05) is 23.7 Å². The Morgan fingerprint density at radius 1 is 0.920 bits per heavy atom. The Balaban J connectivity index is 1.40. The molecule has 3 heteroatoms. The Morgan fingerprint density at radius 2 is 1.64 bits per heavy atom. The van der Waals surface area contributed by atoms with Crippen LogP contribution < -0.4 is 0 Å². The van der Waals surface area contributed by atoms with Crippen LogP contribution in [0, 0.1) is 39.9 Å². The Hall–Kier alpha value is -0.860. The number of esters is 1. The van der Waals surface area contributed by atoms with Crippen molar-refractivity contribution in [3.8, 4) is 0 Å². The molecule has 5 saturated carbocycles. The fraction of sp³-hybridized carbons (Fsp3) is 0.909. The van der Waals surface area contributed by atoms with Crippen LogP contribution in [0.1, 0.15) is 78.1 Å². The lowest BCUT2D eigenvalue weighted by Gasteiger charge is -2.59. The summed E-state index contributed by atoms with van der Waals surface area (Å²) in [5.41, 5.74) is 0.235. The molecule has 0 aromatic rings. The van der Waals surface area contributed by atoms with Crippen LogP contribution in [0.4, 0.5) is 0 Å². The molecular weight excluding hydrogens is 312 g/mol. The zero-order valence-corrected chi connectivity index (χ0v) is 15.6. The Bertz CT molecular complexity index is 699. The first-order valence-electron chi connectivity index (χ1n) is 10.6. The first-order valence-corrected chi connectivity index (χ1v) is 10.6. The summed E-state index contributed by atoms with van der Waals surface area (Å²) in [7, 11) is 0. The van der Waals surface area contributed by atoms with Crippen molar-refractivity contribution < 1.29 is 14.3 Å². The van der Waals surface area contributed by atoms with Gasteiger partial charge >= 0.3 is 5.97 Å². The Labute approximate surface area is 150 Å². The van der Waals surface area contributed by atoms with Gasteiger partial charge in [-0.05, 0) is 80.5 Å². The highest BCUT2D eigenvalue weighted by molar-refractivity contribution is 5.91. The standard InChI is InChI=1S/C22H30O3/c1-19-8-4-16-14(15(19)5-9-21(19)10-6-18(24)25-21)11-17(23)22-12-13(22)3-7-20(16,22)2/h13-16H,3-12H2,1-2H3. The number of hydrogen-bond donors (Lipinski definition) is 0. The number of Topliss-reactive ketones (excluding diaryl/α,β-unsaturated/α-hetero) is 1. The number of hydrogen-bond acceptors (Lipinski definition) is 3. The molecule has 8 unspecified atom stereocenters. The van der Waals surface area contributed by atoms with Crippen molar-refractivity contribution in [3.63, 3.8) is 0 Å². The molecule has 2 spiro atoms. The van der Waals surface area contributed by atoms with Gasteiger partial charge in [0.05, 0.1) is 0 Å². The fourth-order valence-corrected chi connectivity index (χ4v) is 9.31. The number of rotatable bonds is 0. The molecule has 3 nitrogen and oxygen atoms in total. The predicted octanol–water partition coefficient (Wildman–Crippen LogP) is 4.28. The van der Waals surface area contributed by atoms with Gasteiger partial charge in [-0.25, -0.2) is 0 Å². The number of ether oxygens (including phenoxy) is 1. The van der Waals surface area contributed by atoms with Crippen molar-refractivity contribution in [2.24, 2.45) is 39.9 Å². The Morgan fingerprint density at radius 3 is 2.36 bits per heavy atom. The highest BCUT2D eigenvalue weighted by atomic mass is 16.6. The van der Waals surface area contributed by atoms with Crippen LogP contribution in [0.25, 0.3) is 0 Å². The van der Waals surface area contributed by atoms with Crippen LogP contribution >= 0.6 is 0 Å². The maximum absolute atomic E-state index is 13.3. The van der Waals surface area contributed by atoms with E-state index in [1.165, 1.54) is 32.1 Å². The lowest BCUT2D eigenvalue weighted by Crippen LogP contribution is -2.57. The van der Waals surface area contributed by atoms with Gasteiger partial charge in [-0.1, -0.05) is 13.8 Å². The predicted molar refractivity (Wildman–Crippen MR) is 92.6 cm³/mol. The Kier molecular flexibility index (Phi) is 2.54. The van der Waals surface area contributed by atoms with E-state index in [9.17, 15) is 9.59 Å². The lowest BCUT2D eigenvalue weighted by atomic mass is 9.45. The topological polar surface area (TPSA) is 43.4 Å². The summed E-state index contributed by atoms with van der Waals surface area (Å²) < 4.78 is 6.00. The van der Waals surface area contributed by atoms with Crippen molar-refractivity contribution in [1.29, 1.82) is 0 Å². The zero-order valence-electron chi connectivity index (χ0n) is 15.6. The van der Waals surface area contributed by atoms with E-state index in [4.69, 9.17) is 4.74 Å². The molecule has 6 fully saturated rings. The van der Waals surface area contributed by atoms with Crippen LogP contribution in [-0.2, 0) is 14.3 Å². The molecule has 0 amide bonds. The van der Waals surface area contributed by atoms with Gasteiger partial charge in [-0.15, -0.1) is 0 Å². The molecule has 1 saturated heterocycles. The van der Waals surface area contributed by atoms with Crippen molar-refractivity contribution >= 4 is 11.8 Å². The van der Waals surface area contributed by atoms with Crippen molar-refractivity contribution in [1.82, 2.24) is 0 Å². The number of carbonyl (C=O) groups excluding carboxylic acids is 2. The van der Waals surface area contributed by atoms with Gasteiger partial charge < -0.3 is 4.74 Å². The van der Waals surface area contributed by atoms with Gasteiger partial charge in [0.2, 0.25) is 0 Å². The van der Waals surface area contributed by atoms with Gasteiger partial charge in [0.15, 0.2) is 0 Å². The van der Waals surface area contributed by atoms with E-state index in [2.05, 4.69) is 13.8 Å². The summed E-state index contributed by atoms with van der Waals surface area (Å²) in [6.45, 7) is 4.86. The second-order valence-electron chi connectivity index (χ2n) is 10.8. The first kappa shape index (κ1) is 15.2. The summed E-state index contributed by atoms with van der Waals surface area (Å²) >= 11 is 0. The summed E-state index contributed by atoms with van der Waals surface area (Å²) in [6, 6.07) is 0. The first-order chi connectivity index (χ1) is 11.9. The van der Waals surface area contributed by atoms with Gasteiger partial charge in [-0.3, -0.25) is 9.59 Å². The molecule has 1 aliphatic heterocycles. The van der Waals surface area contributed by atoms with Crippen LogP contribution in [0.3, 0.4) is 0 Å². The SMILES string of the molecule is CC12CCC3C(CC(=O)C45CC4CCC35C)C1CCC21CCC(=O)O1. The second-order valence-corrected chi connectivity index (χ2v) is 10.8. The maximum Gasteiger partial charge on any atom is 0.306 e. The van der Waals surface area contributed by atoms with Gasteiger partial charge in [0.1, 0.15) is 11.4 Å². The quantitative estimate of drug-likeness (QED) is 0.617. The smallest absolute Gasteiger partial charge is 0.306 e. The minimum Gasteiger partial charge on any atom is -0.458 e. The largest absolute Gasteiger partial charge is 0.458 e. The molecule has 6 rings (SSSR count). The second kappa shape index (κ2) is 4.17. The highest BCUT2D eigenvalue weighted by Crippen LogP contribution is 2.81. The highest BCUT2D eigenvalue weighted by Gasteiger charge is 2.78. The fourth-order valence-electron chi connectivity index (χ4n) is 9.31. The van der Waals surface area contributed by atoms with Crippen LogP contribution in [0.15, 0.2) is 0 Å². The van der Waals surface area contributed by atoms with Crippen LogP contribution in [-0.4, -0.2) is 17.4 Å². The zero-order chi connectivity index (χ0) is 17.2. The third-order valence-corrected chi connectivity index (χ3v) is 10.6. The average Bonchev–Trinajstić information content (AvgIpc) is 2.92. The lowest BCUT2D eigenvalue weighted by molar-refractivity contribution is -0.176. The molecule has 0 bridgehead atoms. The van der Waals surface area contributed by atoms with Gasteiger partial charge in [0.25, 0.3) is 0 Å². The molecule has 0 N–H and O–H groups in total. The molecule has 5 aliphatic carbocycles. The summed E-state index contributed by atoms with van der Waals surface area (Å²) in [5.74, 6) is 3.17. The minimum absolute atomic E-state index is 0.00579. The maximum atomic E-state index is 13.3. The van der Waals surface area contributed by atoms with Crippen molar-refractivity contribution in [2.45, 2.75) is 83.7 Å². The number of fused-ring (bicyclic) bond motifs is 5. The molecule has 136 valence electrons. The monoisotopic (exact) mass is 342 g/mol. The van der Waals surface area contributed by atoms with Crippen LogP contribution in [0.2, 0.25) is 0 Å². The van der Waals surface area contributed by atoms with E-state index in [-0.39, 0.29) is 27.8 Å². The van der Waals surface area contributed by atoms with E-state index in [0.717, 1.165) is 31.6 Å². The van der Waals surface area contributed by atoms with E-state index in [1.807, 2.05) is 0 Å². The third kappa shape index (κ3) is 1.43. The molecular formula is C22H30O3.